The average Bonchev–Trinajstić information content (AvgIpc) is 2.37. The Hall–Kier alpha value is -2.24. The van der Waals surface area contributed by atoms with E-state index in [0.717, 1.165) is 30.3 Å². The normalized spacial score (nSPS) is 11.5. The van der Waals surface area contributed by atoms with Crippen molar-refractivity contribution in [3.63, 3.8) is 0 Å². The van der Waals surface area contributed by atoms with Crippen LogP contribution in [0.4, 0.5) is 22.0 Å². The van der Waals surface area contributed by atoms with Crippen molar-refractivity contribution >= 4 is 5.78 Å². The number of ketones is 1. The maximum atomic E-state index is 13.5. The molecule has 0 bridgehead atoms. The molecule has 0 aliphatic carbocycles. The maximum Gasteiger partial charge on any atom is 0.416 e. The van der Waals surface area contributed by atoms with Gasteiger partial charge in [-0.05, 0) is 36.8 Å². The number of aryl methyl sites for hydroxylation is 1. The fraction of sp³-hybridized carbons (Fsp3) is 0.133. The molecule has 0 amide bonds. The topological polar surface area (TPSA) is 17.1 Å². The number of carbonyl (C=O) groups excluding carboxylic acids is 1. The van der Waals surface area contributed by atoms with Gasteiger partial charge in [-0.15, -0.1) is 0 Å². The van der Waals surface area contributed by atoms with Gasteiger partial charge < -0.3 is 0 Å². The summed E-state index contributed by atoms with van der Waals surface area (Å²) in [6, 6.07) is 5.32. The molecular weight excluding hydrogens is 291 g/mol. The molecule has 21 heavy (non-hydrogen) atoms. The molecule has 2 aromatic carbocycles. The molecule has 0 saturated carbocycles. The second-order valence-corrected chi connectivity index (χ2v) is 4.45. The first kappa shape index (κ1) is 15.2. The monoisotopic (exact) mass is 300 g/mol. The van der Waals surface area contributed by atoms with E-state index >= 15 is 0 Å². The lowest BCUT2D eigenvalue weighted by atomic mass is 9.96. The third-order valence-electron chi connectivity index (χ3n) is 2.99. The minimum absolute atomic E-state index is 0.00234. The Morgan fingerprint density at radius 1 is 1.00 bits per heavy atom. The first-order chi connectivity index (χ1) is 9.71. The van der Waals surface area contributed by atoms with Gasteiger partial charge >= 0.3 is 6.18 Å². The van der Waals surface area contributed by atoms with E-state index in [9.17, 15) is 26.7 Å². The highest BCUT2D eigenvalue weighted by Gasteiger charge is 2.31. The largest absolute Gasteiger partial charge is 0.416 e. The highest BCUT2D eigenvalue weighted by atomic mass is 19.4. The van der Waals surface area contributed by atoms with Gasteiger partial charge in [-0.2, -0.15) is 13.2 Å². The van der Waals surface area contributed by atoms with Crippen molar-refractivity contribution in [2.45, 2.75) is 13.1 Å². The summed E-state index contributed by atoms with van der Waals surface area (Å²) in [5, 5.41) is 0. The van der Waals surface area contributed by atoms with E-state index in [1.165, 1.54) is 6.92 Å². The van der Waals surface area contributed by atoms with E-state index in [1.807, 2.05) is 0 Å². The third-order valence-corrected chi connectivity index (χ3v) is 2.99. The summed E-state index contributed by atoms with van der Waals surface area (Å²) < 4.78 is 64.7. The second-order valence-electron chi connectivity index (χ2n) is 4.45. The smallest absolute Gasteiger partial charge is 0.288 e. The molecule has 0 atom stereocenters. The highest BCUT2D eigenvalue weighted by Crippen LogP contribution is 2.31. The molecule has 2 aromatic rings. The molecule has 1 nitrogen and oxygen atoms in total. The summed E-state index contributed by atoms with van der Waals surface area (Å²) in [6.07, 6.45) is -4.55. The van der Waals surface area contributed by atoms with Crippen LogP contribution >= 0.6 is 0 Å². The number of carbonyl (C=O) groups is 1. The maximum absolute atomic E-state index is 13.5. The van der Waals surface area contributed by atoms with Crippen LogP contribution in [0.2, 0.25) is 0 Å². The first-order valence-electron chi connectivity index (χ1n) is 5.88. The van der Waals surface area contributed by atoms with Crippen LogP contribution in [0.3, 0.4) is 0 Å². The summed E-state index contributed by atoms with van der Waals surface area (Å²) in [6.45, 7) is 1.28. The Balaban J connectivity index is 2.50. The SMILES string of the molecule is Cc1cc(C(F)(F)F)ccc1C(=O)c1c(F)cccc1F. The van der Waals surface area contributed by atoms with Gasteiger partial charge in [-0.25, -0.2) is 8.78 Å². The van der Waals surface area contributed by atoms with Crippen molar-refractivity contribution in [3.8, 4) is 0 Å². The van der Waals surface area contributed by atoms with E-state index in [0.29, 0.717) is 6.07 Å². The molecule has 0 heterocycles. The molecule has 110 valence electrons. The lowest BCUT2D eigenvalue weighted by Crippen LogP contribution is -2.11. The highest BCUT2D eigenvalue weighted by molar-refractivity contribution is 6.10. The van der Waals surface area contributed by atoms with Crippen molar-refractivity contribution in [2.24, 2.45) is 0 Å². The number of hydrogen-bond donors (Lipinski definition) is 0. The van der Waals surface area contributed by atoms with Crippen LogP contribution in [0.5, 0.6) is 0 Å². The van der Waals surface area contributed by atoms with Crippen LogP contribution in [0.25, 0.3) is 0 Å². The molecule has 0 fully saturated rings. The Bertz CT molecular complexity index is 683. The minimum atomic E-state index is -4.55. The molecule has 6 heteroatoms. The number of rotatable bonds is 2. The molecular formula is C15H9F5O. The van der Waals surface area contributed by atoms with Crippen molar-refractivity contribution in [3.05, 3.63) is 70.3 Å². The molecule has 0 unspecified atom stereocenters. The van der Waals surface area contributed by atoms with E-state index in [1.54, 1.807) is 0 Å². The Morgan fingerprint density at radius 2 is 1.57 bits per heavy atom. The van der Waals surface area contributed by atoms with E-state index in [-0.39, 0.29) is 11.1 Å². The van der Waals surface area contributed by atoms with Gasteiger partial charge in [-0.3, -0.25) is 4.79 Å². The van der Waals surface area contributed by atoms with Gasteiger partial charge in [-0.1, -0.05) is 12.1 Å². The predicted molar refractivity (Wildman–Crippen MR) is 66.0 cm³/mol. The van der Waals surface area contributed by atoms with Crippen LogP contribution in [0, 0.1) is 18.6 Å². The molecule has 0 saturated heterocycles. The van der Waals surface area contributed by atoms with Crippen LogP contribution < -0.4 is 0 Å². The quantitative estimate of drug-likeness (QED) is 0.588. The lowest BCUT2D eigenvalue weighted by Gasteiger charge is -2.11. The van der Waals surface area contributed by atoms with Crippen molar-refractivity contribution in [1.82, 2.24) is 0 Å². The number of benzene rings is 2. The van der Waals surface area contributed by atoms with Gasteiger partial charge in [0.15, 0.2) is 5.78 Å². The Labute approximate surface area is 117 Å². The Kier molecular flexibility index (Phi) is 3.80. The van der Waals surface area contributed by atoms with Crippen molar-refractivity contribution in [2.75, 3.05) is 0 Å². The molecule has 2 rings (SSSR count). The van der Waals surface area contributed by atoms with Crippen molar-refractivity contribution < 1.29 is 26.7 Å². The van der Waals surface area contributed by atoms with Gasteiger partial charge in [0.1, 0.15) is 11.6 Å². The van der Waals surface area contributed by atoms with Crippen LogP contribution in [0.1, 0.15) is 27.0 Å². The predicted octanol–water partition coefficient (Wildman–Crippen LogP) is 4.52. The summed E-state index contributed by atoms with van der Waals surface area (Å²) in [7, 11) is 0. The summed E-state index contributed by atoms with van der Waals surface area (Å²) in [4.78, 5) is 12.1. The fourth-order valence-electron chi connectivity index (χ4n) is 1.94. The average molecular weight is 300 g/mol. The molecule has 0 aliphatic heterocycles. The summed E-state index contributed by atoms with van der Waals surface area (Å²) in [5.41, 5.74) is -1.88. The van der Waals surface area contributed by atoms with Gasteiger partial charge in [0, 0.05) is 5.56 Å². The summed E-state index contributed by atoms with van der Waals surface area (Å²) >= 11 is 0. The molecule has 0 spiro atoms. The standard InChI is InChI=1S/C15H9F5O/c1-8-7-9(15(18,19)20)5-6-10(8)14(21)13-11(16)3-2-4-12(13)17/h2-7H,1H3. The van der Waals surface area contributed by atoms with Gasteiger partial charge in [0.25, 0.3) is 0 Å². The van der Waals surface area contributed by atoms with Crippen LogP contribution in [-0.2, 0) is 6.18 Å². The number of alkyl halides is 3. The van der Waals surface area contributed by atoms with E-state index in [4.69, 9.17) is 0 Å². The second kappa shape index (κ2) is 5.27. The number of hydrogen-bond acceptors (Lipinski definition) is 1. The number of halogens is 5. The zero-order chi connectivity index (χ0) is 15.8. The van der Waals surface area contributed by atoms with E-state index in [2.05, 4.69) is 0 Å². The molecule has 0 radical (unpaired) electrons. The first-order valence-corrected chi connectivity index (χ1v) is 5.88. The van der Waals surface area contributed by atoms with Gasteiger partial charge in [0.05, 0.1) is 11.1 Å². The zero-order valence-corrected chi connectivity index (χ0v) is 10.8. The van der Waals surface area contributed by atoms with Crippen LogP contribution in [-0.4, -0.2) is 5.78 Å². The Morgan fingerprint density at radius 3 is 2.05 bits per heavy atom. The molecule has 0 aliphatic rings. The zero-order valence-electron chi connectivity index (χ0n) is 10.8. The fourth-order valence-corrected chi connectivity index (χ4v) is 1.94. The van der Waals surface area contributed by atoms with Crippen LogP contribution in [0.15, 0.2) is 36.4 Å². The summed E-state index contributed by atoms with van der Waals surface area (Å²) in [5.74, 6) is -3.10. The third kappa shape index (κ3) is 2.94. The molecule has 0 aromatic heterocycles. The molecule has 0 N–H and O–H groups in total. The van der Waals surface area contributed by atoms with Crippen molar-refractivity contribution in [1.29, 1.82) is 0 Å². The van der Waals surface area contributed by atoms with Gasteiger partial charge in [0.2, 0.25) is 0 Å². The van der Waals surface area contributed by atoms with E-state index < -0.39 is 34.7 Å². The minimum Gasteiger partial charge on any atom is -0.288 e. The lowest BCUT2D eigenvalue weighted by molar-refractivity contribution is -0.137.